The predicted octanol–water partition coefficient (Wildman–Crippen LogP) is 0.160. The van der Waals surface area contributed by atoms with Crippen LogP contribution >= 0.6 is 0 Å². The van der Waals surface area contributed by atoms with Crippen molar-refractivity contribution in [3.63, 3.8) is 0 Å². The van der Waals surface area contributed by atoms with E-state index in [4.69, 9.17) is 5.73 Å². The first-order valence-electron chi connectivity index (χ1n) is 4.37. The minimum atomic E-state index is -0.719. The van der Waals surface area contributed by atoms with Gasteiger partial charge in [0, 0.05) is 12.6 Å². The molecule has 1 heterocycles. The number of rotatable bonds is 3. The lowest BCUT2D eigenvalue weighted by molar-refractivity contribution is 0.169. The molecule has 0 aliphatic heterocycles. The topological polar surface area (TPSA) is 77.0 Å². The van der Waals surface area contributed by atoms with Crippen molar-refractivity contribution in [3.8, 4) is 0 Å². The SMILES string of the molecule is Cc1nnc(C(O)CN)n1C(C)C. The van der Waals surface area contributed by atoms with Crippen LogP contribution in [0.4, 0.5) is 0 Å². The molecule has 5 heteroatoms. The zero-order valence-corrected chi connectivity index (χ0v) is 8.23. The van der Waals surface area contributed by atoms with Gasteiger partial charge in [0.2, 0.25) is 0 Å². The molecule has 0 fully saturated rings. The molecule has 0 radical (unpaired) electrons. The van der Waals surface area contributed by atoms with Gasteiger partial charge >= 0.3 is 0 Å². The largest absolute Gasteiger partial charge is 0.384 e. The van der Waals surface area contributed by atoms with E-state index in [1.807, 2.05) is 25.3 Å². The number of aryl methyl sites for hydroxylation is 1. The van der Waals surface area contributed by atoms with Crippen molar-refractivity contribution >= 4 is 0 Å². The van der Waals surface area contributed by atoms with Crippen LogP contribution in [-0.4, -0.2) is 26.4 Å². The predicted molar refractivity (Wildman–Crippen MR) is 49.2 cm³/mol. The summed E-state index contributed by atoms with van der Waals surface area (Å²) in [6.45, 7) is 6.07. The van der Waals surface area contributed by atoms with Crippen LogP contribution in [0.15, 0.2) is 0 Å². The van der Waals surface area contributed by atoms with Gasteiger partial charge in [0.25, 0.3) is 0 Å². The van der Waals surface area contributed by atoms with E-state index < -0.39 is 6.10 Å². The molecule has 74 valence electrons. The van der Waals surface area contributed by atoms with Crippen LogP contribution < -0.4 is 5.73 Å². The summed E-state index contributed by atoms with van der Waals surface area (Å²) in [6, 6.07) is 0.242. The Morgan fingerprint density at radius 2 is 2.08 bits per heavy atom. The summed E-state index contributed by atoms with van der Waals surface area (Å²) in [5, 5.41) is 17.3. The van der Waals surface area contributed by atoms with Crippen molar-refractivity contribution in [2.75, 3.05) is 6.54 Å². The van der Waals surface area contributed by atoms with Gasteiger partial charge < -0.3 is 15.4 Å². The molecule has 1 atom stereocenters. The van der Waals surface area contributed by atoms with E-state index in [1.165, 1.54) is 0 Å². The van der Waals surface area contributed by atoms with Crippen molar-refractivity contribution in [1.82, 2.24) is 14.8 Å². The van der Waals surface area contributed by atoms with Crippen molar-refractivity contribution in [2.24, 2.45) is 5.73 Å². The second-order valence-electron chi connectivity index (χ2n) is 3.32. The molecule has 1 rings (SSSR count). The zero-order chi connectivity index (χ0) is 10.0. The number of nitrogens with two attached hydrogens (primary N) is 1. The van der Waals surface area contributed by atoms with E-state index in [2.05, 4.69) is 10.2 Å². The highest BCUT2D eigenvalue weighted by Crippen LogP contribution is 2.16. The van der Waals surface area contributed by atoms with E-state index in [0.717, 1.165) is 5.82 Å². The number of aromatic nitrogens is 3. The van der Waals surface area contributed by atoms with E-state index in [1.54, 1.807) is 0 Å². The van der Waals surface area contributed by atoms with Crippen molar-refractivity contribution in [1.29, 1.82) is 0 Å². The van der Waals surface area contributed by atoms with Gasteiger partial charge in [-0.1, -0.05) is 0 Å². The van der Waals surface area contributed by atoms with Crippen molar-refractivity contribution < 1.29 is 5.11 Å². The Morgan fingerprint density at radius 3 is 2.54 bits per heavy atom. The van der Waals surface area contributed by atoms with Gasteiger partial charge in [0.15, 0.2) is 5.82 Å². The van der Waals surface area contributed by atoms with Gasteiger partial charge in [0.05, 0.1) is 0 Å². The second-order valence-corrected chi connectivity index (χ2v) is 3.32. The summed E-state index contributed by atoms with van der Waals surface area (Å²) in [5.41, 5.74) is 5.35. The van der Waals surface area contributed by atoms with Crippen LogP contribution in [0.25, 0.3) is 0 Å². The van der Waals surface area contributed by atoms with E-state index in [9.17, 15) is 5.11 Å². The smallest absolute Gasteiger partial charge is 0.163 e. The third kappa shape index (κ3) is 1.87. The lowest BCUT2D eigenvalue weighted by Gasteiger charge is -2.14. The van der Waals surface area contributed by atoms with Crippen LogP contribution in [0.2, 0.25) is 0 Å². The van der Waals surface area contributed by atoms with E-state index in [-0.39, 0.29) is 12.6 Å². The van der Waals surface area contributed by atoms with Gasteiger partial charge in [-0.25, -0.2) is 0 Å². The average molecular weight is 184 g/mol. The van der Waals surface area contributed by atoms with Gasteiger partial charge in [0.1, 0.15) is 11.9 Å². The molecule has 1 aromatic heterocycles. The summed E-state index contributed by atoms with van der Waals surface area (Å²) in [5.74, 6) is 1.35. The maximum atomic E-state index is 9.52. The standard InChI is InChI=1S/C8H16N4O/c1-5(2)12-6(3)10-11-8(12)7(13)4-9/h5,7,13H,4,9H2,1-3H3. The van der Waals surface area contributed by atoms with Gasteiger partial charge in [-0.3, -0.25) is 0 Å². The zero-order valence-electron chi connectivity index (χ0n) is 8.23. The Kier molecular flexibility index (Phi) is 3.00. The first-order chi connectivity index (χ1) is 6.07. The van der Waals surface area contributed by atoms with E-state index in [0.29, 0.717) is 5.82 Å². The van der Waals surface area contributed by atoms with Gasteiger partial charge in [-0.05, 0) is 20.8 Å². The van der Waals surface area contributed by atoms with Crippen LogP contribution in [0.3, 0.4) is 0 Å². The van der Waals surface area contributed by atoms with Gasteiger partial charge in [-0.15, -0.1) is 10.2 Å². The molecule has 0 bridgehead atoms. The average Bonchev–Trinajstić information content (AvgIpc) is 2.45. The monoisotopic (exact) mass is 184 g/mol. The Hall–Kier alpha value is -0.940. The fourth-order valence-corrected chi connectivity index (χ4v) is 1.36. The van der Waals surface area contributed by atoms with Crippen LogP contribution in [0, 0.1) is 6.92 Å². The van der Waals surface area contributed by atoms with Crippen molar-refractivity contribution in [2.45, 2.75) is 32.9 Å². The summed E-state index contributed by atoms with van der Waals surface area (Å²) < 4.78 is 1.89. The molecule has 13 heavy (non-hydrogen) atoms. The number of hydrogen-bond acceptors (Lipinski definition) is 4. The lowest BCUT2D eigenvalue weighted by Crippen LogP contribution is -2.18. The Balaban J connectivity index is 3.07. The molecule has 0 saturated carbocycles. The molecule has 0 amide bonds. The number of aliphatic hydroxyl groups excluding tert-OH is 1. The van der Waals surface area contributed by atoms with Gasteiger partial charge in [-0.2, -0.15) is 0 Å². The molecule has 0 spiro atoms. The molecule has 0 saturated heterocycles. The first kappa shape index (κ1) is 10.1. The fraction of sp³-hybridized carbons (Fsp3) is 0.750. The molecular formula is C8H16N4O. The lowest BCUT2D eigenvalue weighted by atomic mass is 10.3. The molecule has 5 nitrogen and oxygen atoms in total. The Bertz CT molecular complexity index is 282. The molecule has 3 N–H and O–H groups in total. The number of aliphatic hydroxyl groups is 1. The quantitative estimate of drug-likeness (QED) is 0.701. The summed E-state index contributed by atoms with van der Waals surface area (Å²) in [4.78, 5) is 0. The summed E-state index contributed by atoms with van der Waals surface area (Å²) in [6.07, 6.45) is -0.719. The number of hydrogen-bond donors (Lipinski definition) is 2. The van der Waals surface area contributed by atoms with Crippen LogP contribution in [0.5, 0.6) is 0 Å². The highest BCUT2D eigenvalue weighted by atomic mass is 16.3. The Morgan fingerprint density at radius 1 is 1.46 bits per heavy atom. The molecule has 1 aromatic rings. The maximum absolute atomic E-state index is 9.52. The second kappa shape index (κ2) is 3.85. The normalized spacial score (nSPS) is 13.7. The molecule has 1 unspecified atom stereocenters. The summed E-state index contributed by atoms with van der Waals surface area (Å²) in [7, 11) is 0. The first-order valence-corrected chi connectivity index (χ1v) is 4.37. The van der Waals surface area contributed by atoms with Crippen molar-refractivity contribution in [3.05, 3.63) is 11.6 Å². The molecule has 0 aromatic carbocycles. The third-order valence-corrected chi connectivity index (χ3v) is 1.93. The third-order valence-electron chi connectivity index (χ3n) is 1.93. The highest BCUT2D eigenvalue weighted by Gasteiger charge is 2.17. The van der Waals surface area contributed by atoms with E-state index >= 15 is 0 Å². The minimum absolute atomic E-state index is 0.171. The highest BCUT2D eigenvalue weighted by molar-refractivity contribution is 4.99. The molecule has 0 aliphatic rings. The van der Waals surface area contributed by atoms with Crippen LogP contribution in [-0.2, 0) is 0 Å². The molecule has 0 aliphatic carbocycles. The molecular weight excluding hydrogens is 168 g/mol. The summed E-state index contributed by atoms with van der Waals surface area (Å²) >= 11 is 0. The minimum Gasteiger partial charge on any atom is -0.384 e. The maximum Gasteiger partial charge on any atom is 0.163 e. The fourth-order valence-electron chi connectivity index (χ4n) is 1.36. The Labute approximate surface area is 77.6 Å². The number of nitrogens with zero attached hydrogens (tertiary/aromatic N) is 3. The van der Waals surface area contributed by atoms with Crippen LogP contribution in [0.1, 0.15) is 37.6 Å².